The number of thioether (sulfide) groups is 1. The van der Waals surface area contributed by atoms with Gasteiger partial charge < -0.3 is 4.90 Å². The zero-order valence-electron chi connectivity index (χ0n) is 11.9. The van der Waals surface area contributed by atoms with Crippen LogP contribution in [-0.2, 0) is 0 Å². The van der Waals surface area contributed by atoms with Gasteiger partial charge >= 0.3 is 0 Å². The van der Waals surface area contributed by atoms with Crippen molar-refractivity contribution in [2.75, 3.05) is 11.4 Å². The van der Waals surface area contributed by atoms with E-state index in [-0.39, 0.29) is 11.2 Å². The zero-order valence-corrected chi connectivity index (χ0v) is 12.7. The van der Waals surface area contributed by atoms with Gasteiger partial charge in [0.25, 0.3) is 0 Å². The van der Waals surface area contributed by atoms with Gasteiger partial charge in [0.1, 0.15) is 5.37 Å². The third-order valence-corrected chi connectivity index (χ3v) is 4.81. The summed E-state index contributed by atoms with van der Waals surface area (Å²) in [5.41, 5.74) is 1.92. The molecule has 0 amide bonds. The zero-order chi connectivity index (χ0) is 14.7. The van der Waals surface area contributed by atoms with Gasteiger partial charge in [-0.15, -0.1) is 0 Å². The maximum atomic E-state index is 12.8. The molecule has 3 rings (SSSR count). The van der Waals surface area contributed by atoms with Crippen LogP contribution in [0.25, 0.3) is 0 Å². The highest BCUT2D eigenvalue weighted by Crippen LogP contribution is 2.44. The highest BCUT2D eigenvalue weighted by molar-refractivity contribution is 8.01. The molecule has 21 heavy (non-hydrogen) atoms. The van der Waals surface area contributed by atoms with E-state index in [0.717, 1.165) is 17.8 Å². The SMILES string of the molecule is CC=CCN1c2ccccc2SC1C(=O)c1ccccc1. The number of hydrogen-bond donors (Lipinski definition) is 0. The Labute approximate surface area is 129 Å². The summed E-state index contributed by atoms with van der Waals surface area (Å²) >= 11 is 1.64. The van der Waals surface area contributed by atoms with Gasteiger partial charge in [-0.1, -0.05) is 66.4 Å². The highest BCUT2D eigenvalue weighted by Gasteiger charge is 2.34. The molecule has 0 radical (unpaired) electrons. The topological polar surface area (TPSA) is 20.3 Å². The number of allylic oxidation sites excluding steroid dienone is 1. The summed E-state index contributed by atoms with van der Waals surface area (Å²) in [6, 6.07) is 17.8. The second kappa shape index (κ2) is 6.19. The number of benzene rings is 2. The van der Waals surface area contributed by atoms with E-state index in [9.17, 15) is 4.79 Å². The Morgan fingerprint density at radius 1 is 1.14 bits per heavy atom. The van der Waals surface area contributed by atoms with Crippen LogP contribution in [0.4, 0.5) is 5.69 Å². The van der Waals surface area contributed by atoms with E-state index in [0.29, 0.717) is 0 Å². The fraction of sp³-hybridized carbons (Fsp3) is 0.167. The highest BCUT2D eigenvalue weighted by atomic mass is 32.2. The van der Waals surface area contributed by atoms with E-state index < -0.39 is 0 Å². The van der Waals surface area contributed by atoms with Crippen molar-refractivity contribution in [3.63, 3.8) is 0 Å². The number of carbonyl (C=O) groups excluding carboxylic acids is 1. The van der Waals surface area contributed by atoms with Crippen LogP contribution in [0, 0.1) is 0 Å². The largest absolute Gasteiger partial charge is 0.348 e. The van der Waals surface area contributed by atoms with Crippen LogP contribution in [0.1, 0.15) is 17.3 Å². The number of Topliss-reactive ketones (excluding diaryl/α,β-unsaturated/α-hetero) is 1. The molecule has 2 nitrogen and oxygen atoms in total. The number of hydrogen-bond acceptors (Lipinski definition) is 3. The molecular formula is C18H17NOS. The Morgan fingerprint density at radius 3 is 2.62 bits per heavy atom. The molecule has 1 atom stereocenters. The van der Waals surface area contributed by atoms with Crippen LogP contribution in [0.2, 0.25) is 0 Å². The van der Waals surface area contributed by atoms with E-state index in [1.54, 1.807) is 11.8 Å². The van der Waals surface area contributed by atoms with Gasteiger partial charge in [-0.2, -0.15) is 0 Å². The van der Waals surface area contributed by atoms with Crippen LogP contribution >= 0.6 is 11.8 Å². The van der Waals surface area contributed by atoms with Crippen LogP contribution in [-0.4, -0.2) is 17.7 Å². The first-order valence-corrected chi connectivity index (χ1v) is 7.92. The molecule has 1 aliphatic heterocycles. The molecular weight excluding hydrogens is 278 g/mol. The summed E-state index contributed by atoms with van der Waals surface area (Å²) in [6.45, 7) is 2.76. The Morgan fingerprint density at radius 2 is 1.86 bits per heavy atom. The number of anilines is 1. The minimum absolute atomic E-state index is 0.168. The van der Waals surface area contributed by atoms with E-state index in [2.05, 4.69) is 23.1 Å². The molecule has 1 aliphatic rings. The smallest absolute Gasteiger partial charge is 0.195 e. The van der Waals surface area contributed by atoms with E-state index in [4.69, 9.17) is 0 Å². The lowest BCUT2D eigenvalue weighted by Gasteiger charge is -2.24. The fourth-order valence-electron chi connectivity index (χ4n) is 2.46. The molecule has 2 aromatic carbocycles. The Kier molecular flexibility index (Phi) is 4.11. The normalized spacial score (nSPS) is 17.2. The summed E-state index contributed by atoms with van der Waals surface area (Å²) < 4.78 is 0. The van der Waals surface area contributed by atoms with E-state index >= 15 is 0 Å². The maximum absolute atomic E-state index is 12.8. The summed E-state index contributed by atoms with van der Waals surface area (Å²) in [7, 11) is 0. The maximum Gasteiger partial charge on any atom is 0.195 e. The van der Waals surface area contributed by atoms with Crippen molar-refractivity contribution in [3.05, 3.63) is 72.3 Å². The van der Waals surface area contributed by atoms with Crippen molar-refractivity contribution >= 4 is 23.2 Å². The predicted molar refractivity (Wildman–Crippen MR) is 89.0 cm³/mol. The predicted octanol–water partition coefficient (Wildman–Crippen LogP) is 4.38. The molecule has 2 aromatic rings. The molecule has 0 saturated carbocycles. The molecule has 1 heterocycles. The number of ketones is 1. The summed E-state index contributed by atoms with van der Waals surface area (Å²) in [4.78, 5) is 16.2. The van der Waals surface area contributed by atoms with Gasteiger partial charge in [0.15, 0.2) is 5.78 Å². The first-order valence-electron chi connectivity index (χ1n) is 7.04. The molecule has 0 aromatic heterocycles. The molecule has 0 fully saturated rings. The lowest BCUT2D eigenvalue weighted by atomic mass is 10.1. The van der Waals surface area contributed by atoms with Gasteiger partial charge in [-0.25, -0.2) is 0 Å². The molecule has 106 valence electrons. The number of rotatable bonds is 4. The second-order valence-electron chi connectivity index (χ2n) is 4.89. The number of nitrogens with zero attached hydrogens (tertiary/aromatic N) is 1. The monoisotopic (exact) mass is 295 g/mol. The first-order chi connectivity index (χ1) is 10.3. The fourth-order valence-corrected chi connectivity index (χ4v) is 3.73. The first kappa shape index (κ1) is 14.0. The van der Waals surface area contributed by atoms with Crippen molar-refractivity contribution < 1.29 is 4.79 Å². The van der Waals surface area contributed by atoms with Crippen molar-refractivity contribution in [2.24, 2.45) is 0 Å². The molecule has 0 N–H and O–H groups in total. The van der Waals surface area contributed by atoms with Crippen molar-refractivity contribution in [2.45, 2.75) is 17.2 Å². The van der Waals surface area contributed by atoms with Crippen molar-refractivity contribution in [1.29, 1.82) is 0 Å². The van der Waals surface area contributed by atoms with Crippen LogP contribution < -0.4 is 4.90 Å². The Balaban J connectivity index is 1.93. The third-order valence-electron chi connectivity index (χ3n) is 3.52. The number of carbonyl (C=O) groups is 1. The summed E-state index contributed by atoms with van der Waals surface area (Å²) in [5, 5.41) is -0.180. The molecule has 0 spiro atoms. The van der Waals surface area contributed by atoms with Crippen LogP contribution in [0.15, 0.2) is 71.6 Å². The lowest BCUT2D eigenvalue weighted by molar-refractivity contribution is 0.0989. The summed E-state index contributed by atoms with van der Waals surface area (Å²) in [6.07, 6.45) is 4.11. The van der Waals surface area contributed by atoms with Gasteiger partial charge in [0.2, 0.25) is 0 Å². The minimum Gasteiger partial charge on any atom is -0.348 e. The molecule has 0 aliphatic carbocycles. The Bertz CT molecular complexity index is 666. The third kappa shape index (κ3) is 2.74. The van der Waals surface area contributed by atoms with Gasteiger partial charge in [-0.3, -0.25) is 4.79 Å². The van der Waals surface area contributed by atoms with Crippen LogP contribution in [0.5, 0.6) is 0 Å². The van der Waals surface area contributed by atoms with Crippen LogP contribution in [0.3, 0.4) is 0 Å². The van der Waals surface area contributed by atoms with Crippen molar-refractivity contribution in [3.8, 4) is 0 Å². The summed E-state index contributed by atoms with van der Waals surface area (Å²) in [5.74, 6) is 0.168. The lowest BCUT2D eigenvalue weighted by Crippen LogP contribution is -2.36. The van der Waals surface area contributed by atoms with Crippen molar-refractivity contribution in [1.82, 2.24) is 0 Å². The number of fused-ring (bicyclic) bond motifs is 1. The molecule has 0 saturated heterocycles. The van der Waals surface area contributed by atoms with Gasteiger partial charge in [0.05, 0.1) is 5.69 Å². The Hall–Kier alpha value is -2.00. The quantitative estimate of drug-likeness (QED) is 0.616. The van der Waals surface area contributed by atoms with E-state index in [1.807, 2.05) is 55.5 Å². The average Bonchev–Trinajstić information content (AvgIpc) is 2.91. The van der Waals surface area contributed by atoms with Gasteiger partial charge in [-0.05, 0) is 19.1 Å². The minimum atomic E-state index is -0.180. The standard InChI is InChI=1S/C18H17NOS/c1-2-3-13-19-15-11-7-8-12-16(15)21-18(19)17(20)14-9-5-4-6-10-14/h2-12,18H,13H2,1H3. The van der Waals surface area contributed by atoms with E-state index in [1.165, 1.54) is 4.90 Å². The molecule has 1 unspecified atom stereocenters. The van der Waals surface area contributed by atoms with Gasteiger partial charge in [0, 0.05) is 17.0 Å². The average molecular weight is 295 g/mol. The second-order valence-corrected chi connectivity index (χ2v) is 6.01. The number of para-hydroxylation sites is 1. The molecule has 3 heteroatoms. The molecule has 0 bridgehead atoms.